The Morgan fingerprint density at radius 3 is 1.02 bits per heavy atom. The van der Waals surface area contributed by atoms with Gasteiger partial charge in [-0.25, -0.2) is 0 Å². The molecule has 0 nitrogen and oxygen atoms in total. The molecule has 0 N–H and O–H groups in total. The van der Waals surface area contributed by atoms with Gasteiger partial charge in [0.1, 0.15) is 0 Å². The number of rotatable bonds is 10. The average molecular weight is 730 g/mol. The van der Waals surface area contributed by atoms with E-state index in [9.17, 15) is 0 Å². The summed E-state index contributed by atoms with van der Waals surface area (Å²) in [5.74, 6) is 0. The van der Waals surface area contributed by atoms with Gasteiger partial charge in [0.05, 0.1) is 0 Å². The summed E-state index contributed by atoms with van der Waals surface area (Å²) < 4.78 is 1.30. The van der Waals surface area contributed by atoms with Crippen molar-refractivity contribution in [1.82, 2.24) is 0 Å². The van der Waals surface area contributed by atoms with Gasteiger partial charge in [-0.1, -0.05) is 160 Å². The summed E-state index contributed by atoms with van der Waals surface area (Å²) in [6.07, 6.45) is 32.2. The van der Waals surface area contributed by atoms with Crippen molar-refractivity contribution in [2.75, 3.05) is 0 Å². The largest absolute Gasteiger partial charge is 0.0958 e. The van der Waals surface area contributed by atoms with Gasteiger partial charge in [0, 0.05) is 4.47 Å². The Morgan fingerprint density at radius 1 is 0.383 bits per heavy atom. The molecule has 3 aromatic rings. The standard InChI is InChI=1S/C44H59BrP2/c45-44-42(40-28-15-13-18-34(40)32-46(36-20-5-1-6-21-36)37-22-7-2-8-23-37)30-17-31-43(44)41-29-16-14-19-35(41)33-47(38-24-9-3-10-25-38)39-26-11-4-12-27-39/h13-19,28-31,36-39H,1-12,20-27,32-33H2. The van der Waals surface area contributed by atoms with Crippen LogP contribution in [-0.2, 0) is 12.3 Å². The van der Waals surface area contributed by atoms with E-state index in [0.717, 1.165) is 22.6 Å². The summed E-state index contributed by atoms with van der Waals surface area (Å²) in [5, 5.41) is 0. The van der Waals surface area contributed by atoms with Crippen molar-refractivity contribution < 1.29 is 0 Å². The molecule has 0 spiro atoms. The van der Waals surface area contributed by atoms with Crippen molar-refractivity contribution in [3.05, 3.63) is 82.3 Å². The minimum absolute atomic E-state index is 0.0174. The molecule has 3 heteroatoms. The lowest BCUT2D eigenvalue weighted by molar-refractivity contribution is 0.484. The second-order valence-electron chi connectivity index (χ2n) is 15.5. The lowest BCUT2D eigenvalue weighted by atomic mass is 9.94. The van der Waals surface area contributed by atoms with Gasteiger partial charge in [-0.05, 0) is 136 Å². The van der Waals surface area contributed by atoms with E-state index in [0.29, 0.717) is 0 Å². The van der Waals surface area contributed by atoms with Crippen LogP contribution in [0.15, 0.2) is 71.2 Å². The van der Waals surface area contributed by atoms with Crippen molar-refractivity contribution in [3.63, 3.8) is 0 Å². The van der Waals surface area contributed by atoms with Crippen molar-refractivity contribution in [2.45, 2.75) is 163 Å². The van der Waals surface area contributed by atoms with Crippen LogP contribution in [-0.4, -0.2) is 22.6 Å². The van der Waals surface area contributed by atoms with Crippen LogP contribution in [0, 0.1) is 0 Å². The predicted molar refractivity (Wildman–Crippen MR) is 214 cm³/mol. The molecule has 0 atom stereocenters. The van der Waals surface area contributed by atoms with Gasteiger partial charge < -0.3 is 0 Å². The highest BCUT2D eigenvalue weighted by Crippen LogP contribution is 2.60. The van der Waals surface area contributed by atoms with Gasteiger partial charge in [-0.2, -0.15) is 0 Å². The number of hydrogen-bond donors (Lipinski definition) is 0. The van der Waals surface area contributed by atoms with Gasteiger partial charge in [0.2, 0.25) is 0 Å². The molecule has 4 aliphatic rings. The van der Waals surface area contributed by atoms with Crippen LogP contribution in [0.1, 0.15) is 140 Å². The van der Waals surface area contributed by atoms with Crippen LogP contribution in [0.3, 0.4) is 0 Å². The Bertz CT molecular complexity index is 1270. The van der Waals surface area contributed by atoms with E-state index in [1.165, 1.54) is 167 Å². The van der Waals surface area contributed by atoms with Gasteiger partial charge in [0.25, 0.3) is 0 Å². The van der Waals surface area contributed by atoms with Gasteiger partial charge in [-0.3, -0.25) is 0 Å². The summed E-state index contributed by atoms with van der Waals surface area (Å²) in [5.41, 5.74) is 12.9. The molecule has 0 aromatic heterocycles. The van der Waals surface area contributed by atoms with Crippen molar-refractivity contribution in [1.29, 1.82) is 0 Å². The second-order valence-corrected chi connectivity index (χ2v) is 21.9. The van der Waals surface area contributed by atoms with E-state index < -0.39 is 0 Å². The first-order chi connectivity index (χ1) is 23.3. The zero-order valence-corrected chi connectivity index (χ0v) is 32.4. The Morgan fingerprint density at radius 2 is 0.681 bits per heavy atom. The fourth-order valence-corrected chi connectivity index (χ4v) is 18.3. The quantitative estimate of drug-likeness (QED) is 0.182. The van der Waals surface area contributed by atoms with E-state index in [1.54, 1.807) is 11.1 Å². The zero-order chi connectivity index (χ0) is 31.8. The molecule has 3 aromatic carbocycles. The maximum Gasteiger partial charge on any atom is 0.0332 e. The maximum absolute atomic E-state index is 4.27. The Hall–Kier alpha value is -1.000. The van der Waals surface area contributed by atoms with Crippen molar-refractivity contribution >= 4 is 31.8 Å². The molecular formula is C44H59BrP2. The molecule has 0 amide bonds. The Labute approximate surface area is 298 Å². The molecule has 4 aliphatic carbocycles. The lowest BCUT2D eigenvalue weighted by Crippen LogP contribution is -2.21. The molecule has 252 valence electrons. The van der Waals surface area contributed by atoms with Gasteiger partial charge in [-0.15, -0.1) is 0 Å². The minimum Gasteiger partial charge on any atom is -0.0958 e. The van der Waals surface area contributed by atoms with Crippen LogP contribution in [0.2, 0.25) is 0 Å². The van der Waals surface area contributed by atoms with E-state index in [1.807, 2.05) is 0 Å². The highest BCUT2D eigenvalue weighted by Gasteiger charge is 2.33. The summed E-state index contributed by atoms with van der Waals surface area (Å²) >= 11 is 4.27. The fraction of sp³-hybridized carbons (Fsp3) is 0.591. The normalized spacial score (nSPS) is 21.1. The molecule has 0 aliphatic heterocycles. The maximum atomic E-state index is 4.27. The van der Waals surface area contributed by atoms with Gasteiger partial charge >= 0.3 is 0 Å². The third-order valence-electron chi connectivity index (χ3n) is 12.5. The molecule has 47 heavy (non-hydrogen) atoms. The van der Waals surface area contributed by atoms with Crippen LogP contribution in [0.4, 0.5) is 0 Å². The number of hydrogen-bond acceptors (Lipinski definition) is 0. The average Bonchev–Trinajstić information content (AvgIpc) is 3.15. The third-order valence-corrected chi connectivity index (χ3v) is 20.6. The fourth-order valence-electron chi connectivity index (χ4n) is 9.95. The molecule has 0 radical (unpaired) electrons. The number of halogens is 1. The highest BCUT2D eigenvalue weighted by molar-refractivity contribution is 9.10. The molecular weight excluding hydrogens is 670 g/mol. The van der Waals surface area contributed by atoms with E-state index >= 15 is 0 Å². The monoisotopic (exact) mass is 728 g/mol. The smallest absolute Gasteiger partial charge is 0.0332 e. The van der Waals surface area contributed by atoms with Crippen LogP contribution in [0.5, 0.6) is 0 Å². The molecule has 0 bridgehead atoms. The first-order valence-corrected chi connectivity index (χ1v) is 23.8. The summed E-state index contributed by atoms with van der Waals surface area (Å²) in [4.78, 5) is 0. The summed E-state index contributed by atoms with van der Waals surface area (Å²) in [7, 11) is 0.0348. The molecule has 0 unspecified atom stereocenters. The first kappa shape index (κ1) is 34.4. The summed E-state index contributed by atoms with van der Waals surface area (Å²) in [6, 6.07) is 26.2. The van der Waals surface area contributed by atoms with E-state index in [4.69, 9.17) is 0 Å². The van der Waals surface area contributed by atoms with E-state index in [2.05, 4.69) is 82.7 Å². The van der Waals surface area contributed by atoms with Crippen LogP contribution < -0.4 is 0 Å². The third kappa shape index (κ3) is 8.49. The van der Waals surface area contributed by atoms with E-state index in [-0.39, 0.29) is 15.8 Å². The zero-order valence-electron chi connectivity index (χ0n) is 29.0. The predicted octanol–water partition coefficient (Wildman–Crippen LogP) is 15.1. The number of benzene rings is 3. The Balaban J connectivity index is 1.20. The van der Waals surface area contributed by atoms with Crippen molar-refractivity contribution in [3.8, 4) is 22.3 Å². The highest BCUT2D eigenvalue weighted by atomic mass is 79.9. The summed E-state index contributed by atoms with van der Waals surface area (Å²) in [6.45, 7) is 0. The molecule has 0 saturated heterocycles. The second kappa shape index (κ2) is 17.3. The molecule has 0 heterocycles. The van der Waals surface area contributed by atoms with Crippen molar-refractivity contribution in [2.24, 2.45) is 0 Å². The SMILES string of the molecule is Brc1c(-c2ccccc2CP(C2CCCCC2)C2CCCCC2)cccc1-c1ccccc1CP(C1CCCCC1)C1CCCCC1. The minimum atomic E-state index is 0.0174. The first-order valence-electron chi connectivity index (χ1n) is 19.7. The van der Waals surface area contributed by atoms with Gasteiger partial charge in [0.15, 0.2) is 0 Å². The van der Waals surface area contributed by atoms with Crippen LogP contribution >= 0.6 is 31.8 Å². The Kier molecular flexibility index (Phi) is 12.7. The lowest BCUT2D eigenvalue weighted by Gasteiger charge is -2.39. The topological polar surface area (TPSA) is 0 Å². The van der Waals surface area contributed by atoms with Crippen LogP contribution in [0.25, 0.3) is 22.3 Å². The molecule has 7 rings (SSSR count). The molecule has 4 saturated carbocycles. The molecule has 4 fully saturated rings.